The average Bonchev–Trinajstić information content (AvgIpc) is 3.10. The van der Waals surface area contributed by atoms with Crippen molar-refractivity contribution in [2.45, 2.75) is 31.2 Å². The van der Waals surface area contributed by atoms with E-state index in [-0.39, 0.29) is 37.4 Å². The fourth-order valence-corrected chi connectivity index (χ4v) is 4.25. The number of anilines is 1. The first-order chi connectivity index (χ1) is 14.4. The fraction of sp³-hybridized carbons (Fsp3) is 0.524. The number of alkyl halides is 1. The molecule has 0 aliphatic carbocycles. The molecule has 2 aliphatic heterocycles. The highest BCUT2D eigenvalue weighted by molar-refractivity contribution is 5.93. The molecular formula is C21H25FN6O2. The molecule has 2 aromatic rings. The van der Waals surface area contributed by atoms with E-state index < -0.39 is 11.6 Å². The maximum absolute atomic E-state index is 14.8. The fourth-order valence-electron chi connectivity index (χ4n) is 4.25. The minimum absolute atomic E-state index is 0.0834. The molecule has 1 N–H and O–H groups in total. The standard InChI is InChI=1S/C21H25FN6O2/c1-14-11-28(18-10-25-17(8-23)19-16(18)4-3-6-24-19)12-15(30-14)9-26-20(29)21(22)5-7-27(2)13-21/h3-4,6,10,14-15H,5,7,9,11-13H2,1-2H3,(H,26,29)/t14-,15+,21+/m1/s1. The first-order valence-corrected chi connectivity index (χ1v) is 10.1. The van der Waals surface area contributed by atoms with Gasteiger partial charge in [-0.25, -0.2) is 9.37 Å². The third-order valence-corrected chi connectivity index (χ3v) is 5.70. The Kier molecular flexibility index (Phi) is 5.54. The number of fused-ring (bicyclic) bond motifs is 1. The van der Waals surface area contributed by atoms with Crippen molar-refractivity contribution in [1.29, 1.82) is 5.26 Å². The molecule has 4 rings (SSSR count). The Bertz CT molecular complexity index is 995. The van der Waals surface area contributed by atoms with E-state index in [1.54, 1.807) is 12.4 Å². The number of aromatic nitrogens is 2. The predicted octanol–water partition coefficient (Wildman–Crippen LogP) is 1.26. The van der Waals surface area contributed by atoms with Gasteiger partial charge in [-0.15, -0.1) is 0 Å². The van der Waals surface area contributed by atoms with E-state index in [1.165, 1.54) is 0 Å². The van der Waals surface area contributed by atoms with Crippen LogP contribution in [0.4, 0.5) is 10.1 Å². The summed E-state index contributed by atoms with van der Waals surface area (Å²) in [5, 5.41) is 12.9. The van der Waals surface area contributed by atoms with Gasteiger partial charge in [0, 0.05) is 50.7 Å². The number of carbonyl (C=O) groups excluding carboxylic acids is 1. The number of amides is 1. The van der Waals surface area contributed by atoms with Crippen LogP contribution in [0, 0.1) is 11.3 Å². The van der Waals surface area contributed by atoms with Crippen LogP contribution in [0.15, 0.2) is 24.5 Å². The molecule has 8 nitrogen and oxygen atoms in total. The zero-order valence-corrected chi connectivity index (χ0v) is 17.1. The lowest BCUT2D eigenvalue weighted by atomic mass is 10.0. The van der Waals surface area contributed by atoms with Gasteiger partial charge in [0.05, 0.1) is 24.1 Å². The van der Waals surface area contributed by atoms with Gasteiger partial charge in [0.15, 0.2) is 5.69 Å². The molecule has 4 heterocycles. The van der Waals surface area contributed by atoms with Gasteiger partial charge in [-0.2, -0.15) is 5.26 Å². The van der Waals surface area contributed by atoms with E-state index >= 15 is 0 Å². The van der Waals surface area contributed by atoms with Gasteiger partial charge >= 0.3 is 0 Å². The van der Waals surface area contributed by atoms with Crippen LogP contribution in [0.5, 0.6) is 0 Å². The van der Waals surface area contributed by atoms with Crippen LogP contribution in [-0.4, -0.2) is 78.4 Å². The number of halogens is 1. The number of ether oxygens (including phenoxy) is 1. The lowest BCUT2D eigenvalue weighted by Gasteiger charge is -2.38. The van der Waals surface area contributed by atoms with Gasteiger partial charge in [0.25, 0.3) is 5.91 Å². The van der Waals surface area contributed by atoms with Crippen molar-refractivity contribution in [1.82, 2.24) is 20.2 Å². The number of rotatable bonds is 4. The van der Waals surface area contributed by atoms with Crippen LogP contribution in [0.2, 0.25) is 0 Å². The highest BCUT2D eigenvalue weighted by Gasteiger charge is 2.44. The number of hydrogen-bond acceptors (Lipinski definition) is 7. The molecule has 3 atom stereocenters. The minimum Gasteiger partial charge on any atom is -0.370 e. The highest BCUT2D eigenvalue weighted by Crippen LogP contribution is 2.29. The van der Waals surface area contributed by atoms with Crippen LogP contribution in [0.25, 0.3) is 10.9 Å². The van der Waals surface area contributed by atoms with Crippen molar-refractivity contribution in [3.8, 4) is 6.07 Å². The lowest BCUT2D eigenvalue weighted by molar-refractivity contribution is -0.133. The van der Waals surface area contributed by atoms with Crippen LogP contribution >= 0.6 is 0 Å². The third-order valence-electron chi connectivity index (χ3n) is 5.70. The Hall–Kier alpha value is -2.83. The largest absolute Gasteiger partial charge is 0.370 e. The van der Waals surface area contributed by atoms with Crippen LogP contribution < -0.4 is 10.2 Å². The van der Waals surface area contributed by atoms with Crippen molar-refractivity contribution in [2.75, 3.05) is 44.7 Å². The molecule has 0 unspecified atom stereocenters. The van der Waals surface area contributed by atoms with E-state index in [9.17, 15) is 14.4 Å². The van der Waals surface area contributed by atoms with Gasteiger partial charge in [0.2, 0.25) is 5.67 Å². The summed E-state index contributed by atoms with van der Waals surface area (Å²) in [5.74, 6) is -0.574. The topological polar surface area (TPSA) is 94.4 Å². The molecule has 9 heteroatoms. The minimum atomic E-state index is -1.84. The number of morpholine rings is 1. The van der Waals surface area contributed by atoms with E-state index in [2.05, 4.69) is 26.3 Å². The number of hydrogen-bond donors (Lipinski definition) is 1. The van der Waals surface area contributed by atoms with Crippen LogP contribution in [0.3, 0.4) is 0 Å². The normalized spacial score (nSPS) is 27.2. The van der Waals surface area contributed by atoms with E-state index in [4.69, 9.17) is 4.74 Å². The molecule has 30 heavy (non-hydrogen) atoms. The van der Waals surface area contributed by atoms with Crippen LogP contribution in [-0.2, 0) is 9.53 Å². The molecule has 2 aliphatic rings. The molecule has 0 spiro atoms. The van der Waals surface area contributed by atoms with Crippen LogP contribution in [0.1, 0.15) is 19.0 Å². The maximum Gasteiger partial charge on any atom is 0.259 e. The maximum atomic E-state index is 14.8. The smallest absolute Gasteiger partial charge is 0.259 e. The Morgan fingerprint density at radius 2 is 2.30 bits per heavy atom. The Labute approximate surface area is 174 Å². The number of carbonyl (C=O) groups is 1. The monoisotopic (exact) mass is 412 g/mol. The molecule has 158 valence electrons. The predicted molar refractivity (Wildman–Crippen MR) is 110 cm³/mol. The first-order valence-electron chi connectivity index (χ1n) is 10.1. The first kappa shape index (κ1) is 20.4. The number of nitriles is 1. The lowest BCUT2D eigenvalue weighted by Crippen LogP contribution is -2.53. The third kappa shape index (κ3) is 3.93. The molecule has 0 bridgehead atoms. The number of likely N-dealkylation sites (tertiary alicyclic amines) is 1. The van der Waals surface area contributed by atoms with E-state index in [0.717, 1.165) is 11.1 Å². The van der Waals surface area contributed by atoms with E-state index in [1.807, 2.05) is 31.0 Å². The molecule has 2 saturated heterocycles. The molecule has 0 aromatic carbocycles. The van der Waals surface area contributed by atoms with Gasteiger partial charge in [-0.3, -0.25) is 9.78 Å². The quantitative estimate of drug-likeness (QED) is 0.808. The summed E-state index contributed by atoms with van der Waals surface area (Å²) in [7, 11) is 1.81. The second-order valence-corrected chi connectivity index (χ2v) is 8.14. The number of pyridine rings is 2. The average molecular weight is 412 g/mol. The summed E-state index contributed by atoms with van der Waals surface area (Å²) >= 11 is 0. The molecule has 0 saturated carbocycles. The summed E-state index contributed by atoms with van der Waals surface area (Å²) in [6.45, 7) is 4.03. The van der Waals surface area contributed by atoms with Gasteiger partial charge < -0.3 is 19.9 Å². The van der Waals surface area contributed by atoms with Crippen molar-refractivity contribution in [3.63, 3.8) is 0 Å². The number of nitrogens with zero attached hydrogens (tertiary/aromatic N) is 5. The summed E-state index contributed by atoms with van der Waals surface area (Å²) in [5.41, 5.74) is -0.128. The van der Waals surface area contributed by atoms with Gasteiger partial charge in [0.1, 0.15) is 11.6 Å². The van der Waals surface area contributed by atoms with Gasteiger partial charge in [-0.05, 0) is 26.1 Å². The Morgan fingerprint density at radius 3 is 3.03 bits per heavy atom. The van der Waals surface area contributed by atoms with Crippen molar-refractivity contribution >= 4 is 22.5 Å². The number of nitrogens with one attached hydrogen (secondary N) is 1. The zero-order valence-electron chi connectivity index (χ0n) is 17.1. The van der Waals surface area contributed by atoms with Gasteiger partial charge in [-0.1, -0.05) is 0 Å². The van der Waals surface area contributed by atoms with Crippen molar-refractivity contribution < 1.29 is 13.9 Å². The second kappa shape index (κ2) is 8.13. The molecule has 2 aromatic heterocycles. The second-order valence-electron chi connectivity index (χ2n) is 8.14. The Balaban J connectivity index is 1.49. The SMILES string of the molecule is C[C@@H]1CN(c2cnc(C#N)c3ncccc23)C[C@H](CNC(=O)[C@]2(F)CCN(C)C2)O1. The molecule has 0 radical (unpaired) electrons. The van der Waals surface area contributed by atoms with Crippen molar-refractivity contribution in [2.24, 2.45) is 0 Å². The highest BCUT2D eigenvalue weighted by atomic mass is 19.1. The molecule has 2 fully saturated rings. The molecular weight excluding hydrogens is 387 g/mol. The Morgan fingerprint density at radius 1 is 1.47 bits per heavy atom. The van der Waals surface area contributed by atoms with E-state index in [0.29, 0.717) is 25.2 Å². The summed E-state index contributed by atoms with van der Waals surface area (Å²) in [4.78, 5) is 24.9. The zero-order chi connectivity index (χ0) is 21.3. The van der Waals surface area contributed by atoms with Crippen molar-refractivity contribution in [3.05, 3.63) is 30.2 Å². The molecule has 1 amide bonds. The summed E-state index contributed by atoms with van der Waals surface area (Å²) < 4.78 is 20.8. The summed E-state index contributed by atoms with van der Waals surface area (Å²) in [6.07, 6.45) is 3.16. The summed E-state index contributed by atoms with van der Waals surface area (Å²) in [6, 6.07) is 5.82.